The van der Waals surface area contributed by atoms with Gasteiger partial charge < -0.3 is 19.9 Å². The summed E-state index contributed by atoms with van der Waals surface area (Å²) in [5, 5.41) is 2.53. The minimum absolute atomic E-state index is 0.276. The lowest BCUT2D eigenvalue weighted by Gasteiger charge is -2.33. The predicted octanol–water partition coefficient (Wildman–Crippen LogP) is 2.62. The number of nitrogens with one attached hydrogen (secondary N) is 1. The first-order chi connectivity index (χ1) is 10.8. The first kappa shape index (κ1) is 16.9. The Bertz CT molecular complexity index is 567. The van der Waals surface area contributed by atoms with Crippen LogP contribution >= 0.6 is 0 Å². The van der Waals surface area contributed by atoms with E-state index in [1.165, 1.54) is 29.0 Å². The number of hydrogen-bond donors (Lipinski definition) is 1. The second kappa shape index (κ2) is 6.76. The fourth-order valence-electron chi connectivity index (χ4n) is 2.17. The van der Waals surface area contributed by atoms with E-state index >= 15 is 0 Å². The van der Waals surface area contributed by atoms with Crippen LogP contribution in [-0.4, -0.2) is 55.2 Å². The highest BCUT2D eigenvalue weighted by atomic mass is 19.4. The van der Waals surface area contributed by atoms with Gasteiger partial charge in [0.05, 0.1) is 12.7 Å². The molecule has 23 heavy (non-hydrogen) atoms. The molecule has 1 aliphatic rings. The lowest BCUT2D eigenvalue weighted by Crippen LogP contribution is -2.51. The van der Waals surface area contributed by atoms with Crippen molar-refractivity contribution in [3.63, 3.8) is 0 Å². The van der Waals surface area contributed by atoms with Crippen molar-refractivity contribution in [2.45, 2.75) is 6.18 Å². The zero-order valence-corrected chi connectivity index (χ0v) is 12.4. The molecule has 6 nitrogen and oxygen atoms in total. The van der Waals surface area contributed by atoms with Gasteiger partial charge in [-0.3, -0.25) is 0 Å². The molecule has 2 rings (SSSR count). The maximum atomic E-state index is 12.5. The number of methoxy groups -OCH3 is 1. The third kappa shape index (κ3) is 4.27. The monoisotopic (exact) mass is 331 g/mol. The molecule has 1 aromatic rings. The topological polar surface area (TPSA) is 61.9 Å². The van der Waals surface area contributed by atoms with Crippen LogP contribution in [0.25, 0.3) is 0 Å². The number of piperazine rings is 1. The Morgan fingerprint density at radius 3 is 2.04 bits per heavy atom. The molecule has 0 bridgehead atoms. The number of alkyl halides is 3. The molecule has 1 heterocycles. The molecule has 0 spiro atoms. The minimum Gasteiger partial charge on any atom is -0.453 e. The van der Waals surface area contributed by atoms with Crippen LogP contribution in [0.2, 0.25) is 0 Å². The number of carbonyl (C=O) groups excluding carboxylic acids is 2. The molecule has 0 aromatic heterocycles. The maximum Gasteiger partial charge on any atom is 0.416 e. The molecular formula is C14H16F3N3O3. The number of ether oxygens (including phenoxy) is 1. The summed E-state index contributed by atoms with van der Waals surface area (Å²) in [7, 11) is 1.28. The van der Waals surface area contributed by atoms with Gasteiger partial charge in [0.25, 0.3) is 0 Å². The molecule has 1 fully saturated rings. The molecule has 126 valence electrons. The third-order valence-corrected chi connectivity index (χ3v) is 3.46. The summed E-state index contributed by atoms with van der Waals surface area (Å²) in [5.74, 6) is 0. The van der Waals surface area contributed by atoms with Crippen molar-refractivity contribution in [3.05, 3.63) is 29.8 Å². The molecule has 0 radical (unpaired) electrons. The third-order valence-electron chi connectivity index (χ3n) is 3.46. The Balaban J connectivity index is 1.89. The van der Waals surface area contributed by atoms with Gasteiger partial charge in [0.2, 0.25) is 0 Å². The Morgan fingerprint density at radius 1 is 1.04 bits per heavy atom. The van der Waals surface area contributed by atoms with E-state index in [1.54, 1.807) is 0 Å². The van der Waals surface area contributed by atoms with E-state index in [2.05, 4.69) is 10.1 Å². The van der Waals surface area contributed by atoms with Crippen molar-refractivity contribution in [1.82, 2.24) is 9.80 Å². The zero-order valence-electron chi connectivity index (χ0n) is 12.4. The molecule has 1 aliphatic heterocycles. The van der Waals surface area contributed by atoms with E-state index in [4.69, 9.17) is 0 Å². The molecular weight excluding hydrogens is 315 g/mol. The van der Waals surface area contributed by atoms with E-state index < -0.39 is 23.9 Å². The number of benzene rings is 1. The van der Waals surface area contributed by atoms with Crippen LogP contribution in [0.3, 0.4) is 0 Å². The Kier molecular flexibility index (Phi) is 4.97. The van der Waals surface area contributed by atoms with Crippen LogP contribution < -0.4 is 5.32 Å². The summed E-state index contributed by atoms with van der Waals surface area (Å²) in [4.78, 5) is 26.4. The molecule has 1 saturated heterocycles. The summed E-state index contributed by atoms with van der Waals surface area (Å²) in [6.07, 6.45) is -4.86. The van der Waals surface area contributed by atoms with Crippen LogP contribution in [0.4, 0.5) is 28.4 Å². The van der Waals surface area contributed by atoms with Crippen molar-refractivity contribution in [1.29, 1.82) is 0 Å². The first-order valence-electron chi connectivity index (χ1n) is 6.87. The highest BCUT2D eigenvalue weighted by molar-refractivity contribution is 5.89. The van der Waals surface area contributed by atoms with Crippen molar-refractivity contribution in [3.8, 4) is 0 Å². The molecule has 1 N–H and O–H groups in total. The first-order valence-corrected chi connectivity index (χ1v) is 6.87. The average Bonchev–Trinajstić information content (AvgIpc) is 2.54. The number of halogens is 3. The van der Waals surface area contributed by atoms with Gasteiger partial charge >= 0.3 is 18.3 Å². The number of nitrogens with zero attached hydrogens (tertiary/aromatic N) is 2. The summed E-state index contributed by atoms with van der Waals surface area (Å²) in [5.41, 5.74) is -0.499. The SMILES string of the molecule is COC(=O)N1CCN(C(=O)Nc2ccc(C(F)(F)F)cc2)CC1. The van der Waals surface area contributed by atoms with Gasteiger partial charge in [0, 0.05) is 31.9 Å². The fourth-order valence-corrected chi connectivity index (χ4v) is 2.17. The zero-order chi connectivity index (χ0) is 17.0. The Morgan fingerprint density at radius 2 is 1.57 bits per heavy atom. The number of hydrogen-bond acceptors (Lipinski definition) is 3. The maximum absolute atomic E-state index is 12.5. The van der Waals surface area contributed by atoms with Crippen LogP contribution in [0.5, 0.6) is 0 Å². The van der Waals surface area contributed by atoms with Gasteiger partial charge in [0.15, 0.2) is 0 Å². The Labute approximate surface area is 130 Å². The smallest absolute Gasteiger partial charge is 0.416 e. The van der Waals surface area contributed by atoms with Crippen molar-refractivity contribution < 1.29 is 27.5 Å². The second-order valence-corrected chi connectivity index (χ2v) is 4.95. The standard InChI is InChI=1S/C14H16F3N3O3/c1-23-13(22)20-8-6-19(7-9-20)12(21)18-11-4-2-10(3-5-11)14(15,16)17/h2-5H,6-9H2,1H3,(H,18,21). The van der Waals surface area contributed by atoms with Gasteiger partial charge in [-0.05, 0) is 24.3 Å². The van der Waals surface area contributed by atoms with E-state index in [0.717, 1.165) is 12.1 Å². The summed E-state index contributed by atoms with van der Waals surface area (Å²) in [6.45, 7) is 1.32. The minimum atomic E-state index is -4.41. The average molecular weight is 331 g/mol. The van der Waals surface area contributed by atoms with Gasteiger partial charge in [0.1, 0.15) is 0 Å². The van der Waals surface area contributed by atoms with Crippen LogP contribution in [0.1, 0.15) is 5.56 Å². The molecule has 0 atom stereocenters. The van der Waals surface area contributed by atoms with Gasteiger partial charge in [-0.1, -0.05) is 0 Å². The molecule has 0 unspecified atom stereocenters. The summed E-state index contributed by atoms with van der Waals surface area (Å²) in [6, 6.07) is 3.79. The highest BCUT2D eigenvalue weighted by Gasteiger charge is 2.30. The fraction of sp³-hybridized carbons (Fsp3) is 0.429. The largest absolute Gasteiger partial charge is 0.453 e. The van der Waals surface area contributed by atoms with Crippen molar-refractivity contribution in [2.24, 2.45) is 0 Å². The van der Waals surface area contributed by atoms with Crippen LogP contribution in [-0.2, 0) is 10.9 Å². The molecule has 9 heteroatoms. The van der Waals surface area contributed by atoms with E-state index in [0.29, 0.717) is 26.2 Å². The lowest BCUT2D eigenvalue weighted by atomic mass is 10.2. The number of carbonyl (C=O) groups is 2. The number of rotatable bonds is 1. The normalized spacial score (nSPS) is 15.3. The lowest BCUT2D eigenvalue weighted by molar-refractivity contribution is -0.137. The number of anilines is 1. The molecule has 0 aliphatic carbocycles. The predicted molar refractivity (Wildman–Crippen MR) is 76.0 cm³/mol. The van der Waals surface area contributed by atoms with Crippen molar-refractivity contribution in [2.75, 3.05) is 38.6 Å². The van der Waals surface area contributed by atoms with Crippen LogP contribution in [0, 0.1) is 0 Å². The van der Waals surface area contributed by atoms with E-state index in [9.17, 15) is 22.8 Å². The van der Waals surface area contributed by atoms with E-state index in [1.807, 2.05) is 0 Å². The van der Waals surface area contributed by atoms with E-state index in [-0.39, 0.29) is 5.69 Å². The summed E-state index contributed by atoms with van der Waals surface area (Å²) >= 11 is 0. The van der Waals surface area contributed by atoms with Crippen molar-refractivity contribution >= 4 is 17.8 Å². The van der Waals surface area contributed by atoms with Gasteiger partial charge in [-0.2, -0.15) is 13.2 Å². The number of urea groups is 1. The quantitative estimate of drug-likeness (QED) is 0.860. The molecule has 1 aromatic carbocycles. The summed E-state index contributed by atoms with van der Waals surface area (Å²) < 4.78 is 42.0. The van der Waals surface area contributed by atoms with Gasteiger partial charge in [-0.15, -0.1) is 0 Å². The van der Waals surface area contributed by atoms with Gasteiger partial charge in [-0.25, -0.2) is 9.59 Å². The number of amides is 3. The Hall–Kier alpha value is -2.45. The van der Waals surface area contributed by atoms with Crippen LogP contribution in [0.15, 0.2) is 24.3 Å². The molecule has 0 saturated carbocycles. The second-order valence-electron chi connectivity index (χ2n) is 4.95. The highest BCUT2D eigenvalue weighted by Crippen LogP contribution is 2.29. The molecule has 3 amide bonds.